The van der Waals surface area contributed by atoms with E-state index in [2.05, 4.69) is 15.9 Å². The van der Waals surface area contributed by atoms with Crippen LogP contribution in [0, 0.1) is 17.6 Å². The SMILES string of the molecule is NC(=O)C1CC(=O)N(c2cc(F)c(Br)c(F)c2)C1. The van der Waals surface area contributed by atoms with Crippen LogP contribution in [0.5, 0.6) is 0 Å². The first-order valence-corrected chi connectivity index (χ1v) is 5.93. The number of nitrogens with two attached hydrogens (primary N) is 1. The molecule has 7 heteroatoms. The predicted octanol–water partition coefficient (Wildman–Crippen LogP) is 1.57. The van der Waals surface area contributed by atoms with Crippen molar-refractivity contribution in [1.82, 2.24) is 0 Å². The number of hydrogen-bond acceptors (Lipinski definition) is 2. The lowest BCUT2D eigenvalue weighted by atomic mass is 10.1. The smallest absolute Gasteiger partial charge is 0.227 e. The number of anilines is 1. The molecule has 0 bridgehead atoms. The first-order valence-electron chi connectivity index (χ1n) is 5.14. The fourth-order valence-electron chi connectivity index (χ4n) is 1.85. The zero-order chi connectivity index (χ0) is 13.4. The van der Waals surface area contributed by atoms with Gasteiger partial charge >= 0.3 is 0 Å². The van der Waals surface area contributed by atoms with Gasteiger partial charge in [0.05, 0.1) is 10.4 Å². The van der Waals surface area contributed by atoms with E-state index in [4.69, 9.17) is 5.73 Å². The van der Waals surface area contributed by atoms with Crippen molar-refractivity contribution in [3.63, 3.8) is 0 Å². The Morgan fingerprint density at radius 3 is 2.39 bits per heavy atom. The summed E-state index contributed by atoms with van der Waals surface area (Å²) in [6.45, 7) is 0.0503. The molecule has 2 rings (SSSR count). The molecule has 1 fully saturated rings. The zero-order valence-electron chi connectivity index (χ0n) is 9.12. The van der Waals surface area contributed by atoms with E-state index in [1.165, 1.54) is 0 Å². The number of primary amides is 1. The van der Waals surface area contributed by atoms with Crippen molar-refractivity contribution in [2.24, 2.45) is 11.7 Å². The van der Waals surface area contributed by atoms with E-state index in [0.717, 1.165) is 17.0 Å². The summed E-state index contributed by atoms with van der Waals surface area (Å²) in [5.41, 5.74) is 5.20. The van der Waals surface area contributed by atoms with Gasteiger partial charge in [-0.15, -0.1) is 0 Å². The van der Waals surface area contributed by atoms with Gasteiger partial charge in [-0.2, -0.15) is 0 Å². The molecule has 2 amide bonds. The van der Waals surface area contributed by atoms with E-state index >= 15 is 0 Å². The molecule has 1 aliphatic heterocycles. The maximum atomic E-state index is 13.4. The van der Waals surface area contributed by atoms with Crippen LogP contribution in [-0.4, -0.2) is 18.4 Å². The van der Waals surface area contributed by atoms with Crippen LogP contribution >= 0.6 is 15.9 Å². The van der Waals surface area contributed by atoms with Crippen LogP contribution < -0.4 is 10.6 Å². The Morgan fingerprint density at radius 2 is 1.94 bits per heavy atom. The first kappa shape index (κ1) is 12.9. The number of hydrogen-bond donors (Lipinski definition) is 1. The summed E-state index contributed by atoms with van der Waals surface area (Å²) in [7, 11) is 0. The summed E-state index contributed by atoms with van der Waals surface area (Å²) in [5.74, 6) is -3.20. The van der Waals surface area contributed by atoms with Crippen molar-refractivity contribution < 1.29 is 18.4 Å². The van der Waals surface area contributed by atoms with Crippen molar-refractivity contribution in [3.8, 4) is 0 Å². The second-order valence-electron chi connectivity index (χ2n) is 4.03. The van der Waals surface area contributed by atoms with Crippen LogP contribution in [0.1, 0.15) is 6.42 Å². The number of nitrogens with zero attached hydrogens (tertiary/aromatic N) is 1. The van der Waals surface area contributed by atoms with Gasteiger partial charge in [-0.3, -0.25) is 9.59 Å². The molecule has 0 spiro atoms. The molecule has 1 saturated heterocycles. The highest BCUT2D eigenvalue weighted by Crippen LogP contribution is 2.30. The normalized spacial score (nSPS) is 19.4. The highest BCUT2D eigenvalue weighted by molar-refractivity contribution is 9.10. The van der Waals surface area contributed by atoms with Gasteiger partial charge in [0.2, 0.25) is 11.8 Å². The maximum Gasteiger partial charge on any atom is 0.227 e. The molecule has 1 unspecified atom stereocenters. The van der Waals surface area contributed by atoms with Crippen molar-refractivity contribution in [1.29, 1.82) is 0 Å². The Bertz CT molecular complexity index is 513. The molecule has 1 aromatic rings. The molecule has 1 atom stereocenters. The van der Waals surface area contributed by atoms with Crippen molar-refractivity contribution in [2.75, 3.05) is 11.4 Å². The molecule has 96 valence electrons. The van der Waals surface area contributed by atoms with Crippen molar-refractivity contribution >= 4 is 33.4 Å². The Hall–Kier alpha value is -1.50. The first-order chi connectivity index (χ1) is 8.40. The third-order valence-electron chi connectivity index (χ3n) is 2.81. The average Bonchev–Trinajstić information content (AvgIpc) is 2.68. The van der Waals surface area contributed by atoms with Gasteiger partial charge in [-0.05, 0) is 28.1 Å². The van der Waals surface area contributed by atoms with Crippen LogP contribution in [0.2, 0.25) is 0 Å². The molecule has 0 saturated carbocycles. The summed E-state index contributed by atoms with van der Waals surface area (Å²) < 4.78 is 26.4. The molecule has 1 aromatic carbocycles. The van der Waals surface area contributed by atoms with Crippen molar-refractivity contribution in [2.45, 2.75) is 6.42 Å². The van der Waals surface area contributed by atoms with Gasteiger partial charge in [0.1, 0.15) is 11.6 Å². The minimum absolute atomic E-state index is 0.0331. The van der Waals surface area contributed by atoms with E-state index in [0.29, 0.717) is 0 Å². The minimum atomic E-state index is -0.805. The quantitative estimate of drug-likeness (QED) is 0.841. The predicted molar refractivity (Wildman–Crippen MR) is 63.7 cm³/mol. The summed E-state index contributed by atoms with van der Waals surface area (Å²) in [5, 5.41) is 0. The van der Waals surface area contributed by atoms with Crippen LogP contribution in [0.4, 0.5) is 14.5 Å². The molecule has 1 heterocycles. The third-order valence-corrected chi connectivity index (χ3v) is 3.57. The summed E-state index contributed by atoms with van der Waals surface area (Å²) >= 11 is 2.74. The second-order valence-corrected chi connectivity index (χ2v) is 4.82. The van der Waals surface area contributed by atoms with Gasteiger partial charge < -0.3 is 10.6 Å². The van der Waals surface area contributed by atoms with Crippen LogP contribution in [0.25, 0.3) is 0 Å². The standard InChI is InChI=1S/C11H9BrF2N2O2/c12-10-7(13)2-6(3-8(10)14)16-4-5(11(15)18)1-9(16)17/h2-3,5H,1,4H2,(H2,15,18). The van der Waals surface area contributed by atoms with Crippen LogP contribution in [-0.2, 0) is 9.59 Å². The molecule has 1 aliphatic rings. The molecule has 2 N–H and O–H groups in total. The zero-order valence-corrected chi connectivity index (χ0v) is 10.7. The van der Waals surface area contributed by atoms with Gasteiger partial charge in [0, 0.05) is 18.7 Å². The van der Waals surface area contributed by atoms with Gasteiger partial charge in [0.25, 0.3) is 0 Å². The van der Waals surface area contributed by atoms with Crippen LogP contribution in [0.15, 0.2) is 16.6 Å². The number of amides is 2. The lowest BCUT2D eigenvalue weighted by Gasteiger charge is -2.16. The summed E-state index contributed by atoms with van der Waals surface area (Å²) in [4.78, 5) is 23.8. The van der Waals surface area contributed by atoms with Gasteiger partial charge in [-0.1, -0.05) is 0 Å². The van der Waals surface area contributed by atoms with E-state index in [1.54, 1.807) is 0 Å². The number of carbonyl (C=O) groups excluding carboxylic acids is 2. The number of rotatable bonds is 2. The van der Waals surface area contributed by atoms with E-state index in [1.807, 2.05) is 0 Å². The van der Waals surface area contributed by atoms with E-state index < -0.39 is 23.5 Å². The molecule has 0 radical (unpaired) electrons. The fraction of sp³-hybridized carbons (Fsp3) is 0.273. The Labute approximate surface area is 110 Å². The third kappa shape index (κ3) is 2.22. The molecule has 0 aromatic heterocycles. The lowest BCUT2D eigenvalue weighted by Crippen LogP contribution is -2.28. The average molecular weight is 319 g/mol. The number of carbonyl (C=O) groups is 2. The Morgan fingerprint density at radius 1 is 1.39 bits per heavy atom. The summed E-state index contributed by atoms with van der Waals surface area (Å²) in [6, 6.07) is 2.07. The topological polar surface area (TPSA) is 63.4 Å². The molecule has 18 heavy (non-hydrogen) atoms. The van der Waals surface area contributed by atoms with Crippen molar-refractivity contribution in [3.05, 3.63) is 28.2 Å². The number of benzene rings is 1. The largest absolute Gasteiger partial charge is 0.369 e. The number of halogens is 3. The maximum absolute atomic E-state index is 13.4. The highest BCUT2D eigenvalue weighted by Gasteiger charge is 2.34. The Kier molecular flexibility index (Phi) is 3.34. The highest BCUT2D eigenvalue weighted by atomic mass is 79.9. The molecule has 0 aliphatic carbocycles. The van der Waals surface area contributed by atoms with Gasteiger partial charge in [0.15, 0.2) is 0 Å². The lowest BCUT2D eigenvalue weighted by molar-refractivity contribution is -0.123. The fourth-order valence-corrected chi connectivity index (χ4v) is 2.07. The van der Waals surface area contributed by atoms with E-state index in [-0.39, 0.29) is 29.0 Å². The molecule has 4 nitrogen and oxygen atoms in total. The van der Waals surface area contributed by atoms with E-state index in [9.17, 15) is 18.4 Å². The molecular weight excluding hydrogens is 310 g/mol. The summed E-state index contributed by atoms with van der Waals surface area (Å²) in [6.07, 6.45) is -0.0331. The second kappa shape index (κ2) is 4.64. The minimum Gasteiger partial charge on any atom is -0.369 e. The van der Waals surface area contributed by atoms with Gasteiger partial charge in [-0.25, -0.2) is 8.78 Å². The molecular formula is C11H9BrF2N2O2. The van der Waals surface area contributed by atoms with Crippen LogP contribution in [0.3, 0.4) is 0 Å². The monoisotopic (exact) mass is 318 g/mol. The Balaban J connectivity index is 2.33.